The summed E-state index contributed by atoms with van der Waals surface area (Å²) in [6.45, 7) is 7.89. The lowest BCUT2D eigenvalue weighted by Crippen LogP contribution is -2.39. The summed E-state index contributed by atoms with van der Waals surface area (Å²) in [5, 5.41) is 12.1. The molecule has 1 unspecified atom stereocenters. The predicted molar refractivity (Wildman–Crippen MR) is 126 cm³/mol. The fourth-order valence-electron chi connectivity index (χ4n) is 4.78. The molecule has 0 fully saturated rings. The minimum atomic E-state index is -0.961. The highest BCUT2D eigenvalue weighted by molar-refractivity contribution is 6.09. The first-order chi connectivity index (χ1) is 16.0. The van der Waals surface area contributed by atoms with Crippen LogP contribution in [0.25, 0.3) is 0 Å². The number of ether oxygens (including phenoxy) is 3. The minimum Gasteiger partial charge on any atom is -0.493 e. The molecule has 0 amide bonds. The van der Waals surface area contributed by atoms with Gasteiger partial charge in [0.2, 0.25) is 0 Å². The van der Waals surface area contributed by atoms with Gasteiger partial charge in [0.25, 0.3) is 5.69 Å². The quantitative estimate of drug-likeness (QED) is 0.231. The summed E-state index contributed by atoms with van der Waals surface area (Å²) in [4.78, 5) is 42.9. The summed E-state index contributed by atoms with van der Waals surface area (Å²) in [7, 11) is 2.82. The first kappa shape index (κ1) is 25.4. The molecule has 2 aliphatic rings. The van der Waals surface area contributed by atoms with Crippen molar-refractivity contribution in [2.75, 3.05) is 20.8 Å². The Bertz CT molecular complexity index is 1070. The average Bonchev–Trinajstić information content (AvgIpc) is 2.76. The molecule has 0 radical (unpaired) electrons. The van der Waals surface area contributed by atoms with Crippen LogP contribution in [0, 0.1) is 21.4 Å². The molecule has 3 rings (SSSR count). The van der Waals surface area contributed by atoms with Crippen LogP contribution < -0.4 is 9.47 Å². The lowest BCUT2D eigenvalue weighted by Gasteiger charge is -2.38. The maximum atomic E-state index is 13.4. The van der Waals surface area contributed by atoms with Crippen molar-refractivity contribution in [2.45, 2.75) is 59.3 Å². The van der Waals surface area contributed by atoms with E-state index in [1.54, 1.807) is 6.92 Å². The molecule has 184 valence electrons. The smallest absolute Gasteiger partial charge is 0.315 e. The highest BCUT2D eigenvalue weighted by atomic mass is 16.6. The molecule has 0 N–H and O–H groups in total. The second kappa shape index (κ2) is 9.95. The largest absolute Gasteiger partial charge is 0.493 e. The van der Waals surface area contributed by atoms with Gasteiger partial charge >= 0.3 is 5.97 Å². The van der Waals surface area contributed by atoms with Gasteiger partial charge in [-0.1, -0.05) is 27.2 Å². The SMILES string of the molecule is CCCCOC(=O)C1C(C)=NC2=C(C(=O)CC(C)(C)C2)[C@H]1c1cc(OC)c(OC)cc1[N+](=O)[O-]. The van der Waals surface area contributed by atoms with Crippen LogP contribution in [0.1, 0.15) is 64.9 Å². The number of methoxy groups -OCH3 is 2. The average molecular weight is 473 g/mol. The van der Waals surface area contributed by atoms with Crippen molar-refractivity contribution < 1.29 is 28.7 Å². The van der Waals surface area contributed by atoms with Gasteiger partial charge in [0, 0.05) is 34.9 Å². The van der Waals surface area contributed by atoms with E-state index in [1.807, 2.05) is 20.8 Å². The molecular formula is C25H32N2O7. The number of nitrogens with zero attached hydrogens (tertiary/aromatic N) is 2. The lowest BCUT2D eigenvalue weighted by molar-refractivity contribution is -0.385. The summed E-state index contributed by atoms with van der Waals surface area (Å²) in [6, 6.07) is 2.76. The van der Waals surface area contributed by atoms with Gasteiger partial charge in [-0.2, -0.15) is 0 Å². The number of nitro benzene ring substituents is 1. The molecule has 0 saturated carbocycles. The van der Waals surface area contributed by atoms with Gasteiger partial charge in [-0.05, 0) is 31.2 Å². The van der Waals surface area contributed by atoms with E-state index in [-0.39, 0.29) is 47.0 Å². The molecule has 1 aromatic carbocycles. The third kappa shape index (κ3) is 4.83. The Hall–Kier alpha value is -3.23. The number of hydrogen-bond acceptors (Lipinski definition) is 8. The van der Waals surface area contributed by atoms with Gasteiger partial charge in [0.15, 0.2) is 17.3 Å². The number of benzene rings is 1. The molecule has 1 aliphatic carbocycles. The van der Waals surface area contributed by atoms with Crippen molar-refractivity contribution in [3.8, 4) is 11.5 Å². The number of carbonyl (C=O) groups excluding carboxylic acids is 2. The zero-order valence-electron chi connectivity index (χ0n) is 20.6. The zero-order valence-corrected chi connectivity index (χ0v) is 20.6. The third-order valence-electron chi connectivity index (χ3n) is 6.36. The van der Waals surface area contributed by atoms with Crippen molar-refractivity contribution >= 4 is 23.2 Å². The Kier molecular flexibility index (Phi) is 7.43. The highest BCUT2D eigenvalue weighted by Crippen LogP contribution is 2.51. The van der Waals surface area contributed by atoms with E-state index in [4.69, 9.17) is 14.2 Å². The van der Waals surface area contributed by atoms with Gasteiger partial charge in [-0.3, -0.25) is 24.7 Å². The molecule has 0 bridgehead atoms. The first-order valence-electron chi connectivity index (χ1n) is 11.4. The van der Waals surface area contributed by atoms with Gasteiger partial charge < -0.3 is 14.2 Å². The van der Waals surface area contributed by atoms with Gasteiger partial charge in [-0.15, -0.1) is 0 Å². The number of hydrogen-bond donors (Lipinski definition) is 0. The van der Waals surface area contributed by atoms with E-state index in [9.17, 15) is 19.7 Å². The third-order valence-corrected chi connectivity index (χ3v) is 6.36. The summed E-state index contributed by atoms with van der Waals surface area (Å²) in [6.07, 6.45) is 2.32. The Morgan fingerprint density at radius 1 is 1.21 bits per heavy atom. The predicted octanol–water partition coefficient (Wildman–Crippen LogP) is 4.77. The minimum absolute atomic E-state index is 0.164. The number of ketones is 1. The summed E-state index contributed by atoms with van der Waals surface area (Å²) < 4.78 is 16.2. The first-order valence-corrected chi connectivity index (χ1v) is 11.4. The van der Waals surface area contributed by atoms with Crippen molar-refractivity contribution in [2.24, 2.45) is 16.3 Å². The van der Waals surface area contributed by atoms with Crippen molar-refractivity contribution in [1.29, 1.82) is 0 Å². The Labute approximate surface area is 199 Å². The van der Waals surface area contributed by atoms with E-state index in [1.165, 1.54) is 26.4 Å². The van der Waals surface area contributed by atoms with E-state index in [0.29, 0.717) is 29.8 Å². The van der Waals surface area contributed by atoms with Crippen LogP contribution in [0.15, 0.2) is 28.4 Å². The molecular weight excluding hydrogens is 440 g/mol. The number of Topliss-reactive ketones (excluding diaryl/α,β-unsaturated/α-hetero) is 1. The van der Waals surface area contributed by atoms with Crippen LogP contribution in [0.2, 0.25) is 0 Å². The molecule has 9 heteroatoms. The molecule has 9 nitrogen and oxygen atoms in total. The van der Waals surface area contributed by atoms with Crippen molar-refractivity contribution in [3.63, 3.8) is 0 Å². The van der Waals surface area contributed by atoms with Crippen LogP contribution in [0.4, 0.5) is 5.69 Å². The van der Waals surface area contributed by atoms with Crippen molar-refractivity contribution in [1.82, 2.24) is 0 Å². The molecule has 0 spiro atoms. The van der Waals surface area contributed by atoms with Gasteiger partial charge in [0.05, 0.1) is 31.8 Å². The molecule has 1 heterocycles. The Balaban J connectivity index is 2.27. The number of carbonyl (C=O) groups is 2. The summed E-state index contributed by atoms with van der Waals surface area (Å²) >= 11 is 0. The van der Waals surface area contributed by atoms with Crippen molar-refractivity contribution in [3.05, 3.63) is 39.1 Å². The molecule has 1 aromatic rings. The van der Waals surface area contributed by atoms with E-state index >= 15 is 0 Å². The van der Waals surface area contributed by atoms with Gasteiger partial charge in [0.1, 0.15) is 5.92 Å². The fraction of sp³-hybridized carbons (Fsp3) is 0.560. The number of aliphatic imine (C=N–C) groups is 1. The number of nitro groups is 1. The molecule has 0 saturated heterocycles. The zero-order chi connectivity index (χ0) is 25.2. The number of unbranched alkanes of at least 4 members (excludes halogenated alkanes) is 1. The van der Waals surface area contributed by atoms with E-state index < -0.39 is 22.7 Å². The Morgan fingerprint density at radius 2 is 1.85 bits per heavy atom. The molecule has 34 heavy (non-hydrogen) atoms. The standard InChI is InChI=1S/C25H32N2O7/c1-7-8-9-34-24(29)21-14(2)26-16-12-25(3,4)13-18(28)23(16)22(21)15-10-19(32-5)20(33-6)11-17(15)27(30)31/h10-11,21-22H,7-9,12-13H2,1-6H3/t21?,22-/m0/s1. The lowest BCUT2D eigenvalue weighted by atomic mass is 9.66. The Morgan fingerprint density at radius 3 is 2.44 bits per heavy atom. The van der Waals surface area contributed by atoms with Crippen LogP contribution in [-0.2, 0) is 14.3 Å². The topological polar surface area (TPSA) is 117 Å². The highest BCUT2D eigenvalue weighted by Gasteiger charge is 2.48. The number of esters is 1. The summed E-state index contributed by atoms with van der Waals surface area (Å²) in [5.74, 6) is -2.13. The summed E-state index contributed by atoms with van der Waals surface area (Å²) in [5.41, 5.74) is 1.04. The molecule has 1 aliphatic heterocycles. The maximum absolute atomic E-state index is 13.4. The molecule has 2 atom stereocenters. The van der Waals surface area contributed by atoms with Crippen LogP contribution in [0.5, 0.6) is 11.5 Å². The second-order valence-corrected chi connectivity index (χ2v) is 9.55. The normalized spacial score (nSPS) is 21.5. The monoisotopic (exact) mass is 472 g/mol. The van der Waals surface area contributed by atoms with E-state index in [0.717, 1.165) is 6.42 Å². The maximum Gasteiger partial charge on any atom is 0.315 e. The van der Waals surface area contributed by atoms with Crippen LogP contribution in [0.3, 0.4) is 0 Å². The van der Waals surface area contributed by atoms with Crippen LogP contribution in [-0.4, -0.2) is 43.2 Å². The fourth-order valence-corrected chi connectivity index (χ4v) is 4.78. The second-order valence-electron chi connectivity index (χ2n) is 9.55. The number of allylic oxidation sites excluding steroid dienone is 2. The molecule has 0 aromatic heterocycles. The van der Waals surface area contributed by atoms with E-state index in [2.05, 4.69) is 4.99 Å². The van der Waals surface area contributed by atoms with Gasteiger partial charge in [-0.25, -0.2) is 0 Å². The van der Waals surface area contributed by atoms with Crippen LogP contribution >= 0.6 is 0 Å². The number of rotatable bonds is 8.